The maximum Gasteiger partial charge on any atom is 0.147 e. The minimum atomic E-state index is -0.664. The van der Waals surface area contributed by atoms with Crippen molar-refractivity contribution >= 4 is 0 Å². The van der Waals surface area contributed by atoms with Gasteiger partial charge in [0.25, 0.3) is 0 Å². The summed E-state index contributed by atoms with van der Waals surface area (Å²) in [4.78, 5) is 4.23. The number of para-hydroxylation sites is 1. The van der Waals surface area contributed by atoms with Crippen LogP contribution < -0.4 is 4.74 Å². The zero-order valence-corrected chi connectivity index (χ0v) is 11.5. The molecule has 5 nitrogen and oxygen atoms in total. The molecule has 0 aliphatic heterocycles. The molecular formula is C14H19N3O2. The van der Waals surface area contributed by atoms with Crippen molar-refractivity contribution in [2.75, 3.05) is 6.61 Å². The molecule has 5 heteroatoms. The number of hydrogen-bond acceptors (Lipinski definition) is 4. The van der Waals surface area contributed by atoms with Gasteiger partial charge in [0, 0.05) is 5.56 Å². The van der Waals surface area contributed by atoms with Crippen LogP contribution in [0.25, 0.3) is 0 Å². The van der Waals surface area contributed by atoms with Gasteiger partial charge in [-0.05, 0) is 26.8 Å². The Morgan fingerprint density at radius 2 is 2.05 bits per heavy atom. The number of nitrogens with zero attached hydrogens (tertiary/aromatic N) is 3. The highest BCUT2D eigenvalue weighted by atomic mass is 16.5. The molecule has 2 rings (SSSR count). The number of hydrogen-bond donors (Lipinski definition) is 1. The van der Waals surface area contributed by atoms with Crippen LogP contribution in [0.1, 0.15) is 30.2 Å². The molecule has 0 aliphatic rings. The van der Waals surface area contributed by atoms with E-state index in [1.807, 2.05) is 45.0 Å². The molecule has 0 spiro atoms. The van der Waals surface area contributed by atoms with Crippen molar-refractivity contribution in [2.24, 2.45) is 0 Å². The molecular weight excluding hydrogens is 242 g/mol. The van der Waals surface area contributed by atoms with E-state index in [4.69, 9.17) is 4.74 Å². The van der Waals surface area contributed by atoms with Crippen LogP contribution in [0, 0.1) is 13.8 Å². The molecule has 0 bridgehead atoms. The number of aromatic nitrogens is 3. The van der Waals surface area contributed by atoms with Crippen molar-refractivity contribution in [1.29, 1.82) is 0 Å². The Hall–Kier alpha value is -1.88. The van der Waals surface area contributed by atoms with Gasteiger partial charge >= 0.3 is 0 Å². The lowest BCUT2D eigenvalue weighted by Crippen LogP contribution is -2.12. The minimum Gasteiger partial charge on any atom is -0.493 e. The normalized spacial score (nSPS) is 12.4. The molecule has 0 saturated heterocycles. The summed E-state index contributed by atoms with van der Waals surface area (Å²) in [5.74, 6) is 2.22. The molecule has 1 heterocycles. The summed E-state index contributed by atoms with van der Waals surface area (Å²) in [5, 5.41) is 14.6. The predicted molar refractivity (Wildman–Crippen MR) is 72.1 cm³/mol. The third-order valence-corrected chi connectivity index (χ3v) is 2.89. The van der Waals surface area contributed by atoms with Gasteiger partial charge < -0.3 is 9.84 Å². The van der Waals surface area contributed by atoms with Crippen molar-refractivity contribution in [2.45, 2.75) is 33.4 Å². The summed E-state index contributed by atoms with van der Waals surface area (Å²) in [6, 6.07) is 7.52. The minimum absolute atomic E-state index is 0.372. The molecule has 0 radical (unpaired) electrons. The Kier molecular flexibility index (Phi) is 4.16. The van der Waals surface area contributed by atoms with E-state index in [0.717, 1.165) is 11.4 Å². The first-order valence-corrected chi connectivity index (χ1v) is 6.39. The fourth-order valence-electron chi connectivity index (χ4n) is 2.04. The fraction of sp³-hybridized carbons (Fsp3) is 0.429. The van der Waals surface area contributed by atoms with E-state index in [2.05, 4.69) is 10.1 Å². The molecule has 1 N–H and O–H groups in total. The second kappa shape index (κ2) is 5.84. The summed E-state index contributed by atoms with van der Waals surface area (Å²) < 4.78 is 7.24. The Labute approximate surface area is 112 Å². The summed E-state index contributed by atoms with van der Waals surface area (Å²) >= 11 is 0. The Morgan fingerprint density at radius 1 is 1.32 bits per heavy atom. The van der Waals surface area contributed by atoms with Crippen LogP contribution in [0.4, 0.5) is 0 Å². The lowest BCUT2D eigenvalue weighted by atomic mass is 10.1. The monoisotopic (exact) mass is 261 g/mol. The predicted octanol–water partition coefficient (Wildman–Crippen LogP) is 2.03. The SMILES string of the molecule is CCOc1ccccc1C(O)Cn1nc(C)nc1C. The molecule has 0 fully saturated rings. The van der Waals surface area contributed by atoms with E-state index < -0.39 is 6.10 Å². The van der Waals surface area contributed by atoms with Crippen molar-refractivity contribution in [3.05, 3.63) is 41.5 Å². The maximum absolute atomic E-state index is 10.3. The van der Waals surface area contributed by atoms with Crippen LogP contribution in [-0.4, -0.2) is 26.5 Å². The number of aliphatic hydroxyl groups is 1. The maximum atomic E-state index is 10.3. The van der Waals surface area contributed by atoms with Crippen LogP contribution in [0.3, 0.4) is 0 Å². The van der Waals surface area contributed by atoms with Crippen LogP contribution in [0.15, 0.2) is 24.3 Å². The molecule has 19 heavy (non-hydrogen) atoms. The number of rotatable bonds is 5. The standard InChI is InChI=1S/C14H19N3O2/c1-4-19-14-8-6-5-7-12(14)13(18)9-17-11(3)15-10(2)16-17/h5-8,13,18H,4,9H2,1-3H3. The van der Waals surface area contributed by atoms with Crippen molar-refractivity contribution in [3.8, 4) is 5.75 Å². The molecule has 0 aliphatic carbocycles. The summed E-state index contributed by atoms with van der Waals surface area (Å²) in [7, 11) is 0. The lowest BCUT2D eigenvalue weighted by Gasteiger charge is -2.16. The Bertz CT molecular complexity index is 551. The first kappa shape index (κ1) is 13.5. The smallest absolute Gasteiger partial charge is 0.147 e. The zero-order valence-electron chi connectivity index (χ0n) is 11.5. The zero-order chi connectivity index (χ0) is 13.8. The largest absolute Gasteiger partial charge is 0.493 e. The summed E-state index contributed by atoms with van der Waals surface area (Å²) in [5.41, 5.74) is 0.775. The quantitative estimate of drug-likeness (QED) is 0.894. The first-order valence-electron chi connectivity index (χ1n) is 6.39. The van der Waals surface area contributed by atoms with E-state index in [1.165, 1.54) is 0 Å². The van der Waals surface area contributed by atoms with Crippen molar-refractivity contribution in [3.63, 3.8) is 0 Å². The highest BCUT2D eigenvalue weighted by Crippen LogP contribution is 2.26. The number of ether oxygens (including phenoxy) is 1. The molecule has 2 aromatic rings. The van der Waals surface area contributed by atoms with Gasteiger partial charge in [-0.25, -0.2) is 9.67 Å². The average Bonchev–Trinajstić information content (AvgIpc) is 2.69. The van der Waals surface area contributed by atoms with Crippen LogP contribution in [-0.2, 0) is 6.54 Å². The summed E-state index contributed by atoms with van der Waals surface area (Å²) in [6.07, 6.45) is -0.664. The second-order valence-corrected chi connectivity index (χ2v) is 4.37. The fourth-order valence-corrected chi connectivity index (χ4v) is 2.04. The van der Waals surface area contributed by atoms with E-state index in [0.29, 0.717) is 24.7 Å². The van der Waals surface area contributed by atoms with E-state index >= 15 is 0 Å². The van der Waals surface area contributed by atoms with Gasteiger partial charge in [-0.3, -0.25) is 0 Å². The average molecular weight is 261 g/mol. The molecule has 1 aromatic heterocycles. The van der Waals surface area contributed by atoms with E-state index in [-0.39, 0.29) is 0 Å². The van der Waals surface area contributed by atoms with Gasteiger partial charge in [0.15, 0.2) is 0 Å². The van der Waals surface area contributed by atoms with Crippen molar-refractivity contribution in [1.82, 2.24) is 14.8 Å². The summed E-state index contributed by atoms with van der Waals surface area (Å²) in [6.45, 7) is 6.58. The first-order chi connectivity index (χ1) is 9.11. The highest BCUT2D eigenvalue weighted by molar-refractivity contribution is 5.35. The second-order valence-electron chi connectivity index (χ2n) is 4.37. The molecule has 1 atom stereocenters. The van der Waals surface area contributed by atoms with Gasteiger partial charge in [0.05, 0.1) is 13.2 Å². The van der Waals surface area contributed by atoms with E-state index in [9.17, 15) is 5.11 Å². The van der Waals surface area contributed by atoms with Gasteiger partial charge in [0.2, 0.25) is 0 Å². The van der Waals surface area contributed by atoms with Gasteiger partial charge in [-0.1, -0.05) is 18.2 Å². The molecule has 1 unspecified atom stereocenters. The van der Waals surface area contributed by atoms with Crippen LogP contribution in [0.5, 0.6) is 5.75 Å². The topological polar surface area (TPSA) is 60.2 Å². The Morgan fingerprint density at radius 3 is 2.68 bits per heavy atom. The Balaban J connectivity index is 2.20. The van der Waals surface area contributed by atoms with Gasteiger partial charge in [0.1, 0.15) is 23.5 Å². The lowest BCUT2D eigenvalue weighted by molar-refractivity contribution is 0.145. The number of aliphatic hydroxyl groups excluding tert-OH is 1. The van der Waals surface area contributed by atoms with E-state index in [1.54, 1.807) is 4.68 Å². The highest BCUT2D eigenvalue weighted by Gasteiger charge is 2.15. The third-order valence-electron chi connectivity index (χ3n) is 2.89. The van der Waals surface area contributed by atoms with Crippen LogP contribution >= 0.6 is 0 Å². The molecule has 1 aromatic carbocycles. The van der Waals surface area contributed by atoms with Gasteiger partial charge in [-0.2, -0.15) is 5.10 Å². The number of benzene rings is 1. The van der Waals surface area contributed by atoms with Crippen LogP contribution in [0.2, 0.25) is 0 Å². The number of aryl methyl sites for hydroxylation is 2. The van der Waals surface area contributed by atoms with Gasteiger partial charge in [-0.15, -0.1) is 0 Å². The molecule has 102 valence electrons. The van der Waals surface area contributed by atoms with Crippen molar-refractivity contribution < 1.29 is 9.84 Å². The molecule has 0 amide bonds. The molecule has 0 saturated carbocycles. The third kappa shape index (κ3) is 3.12.